The second-order valence-corrected chi connectivity index (χ2v) is 12.9. The van der Waals surface area contributed by atoms with E-state index in [9.17, 15) is 0 Å². The Morgan fingerprint density at radius 1 is 0.684 bits per heavy atom. The zero-order valence-corrected chi connectivity index (χ0v) is 25.6. The molecule has 0 bridgehead atoms. The summed E-state index contributed by atoms with van der Waals surface area (Å²) in [6, 6.07) is 14.4. The van der Waals surface area contributed by atoms with Crippen LogP contribution in [0.25, 0.3) is 11.1 Å². The minimum Gasteiger partial charge on any atom is -0.493 e. The van der Waals surface area contributed by atoms with Crippen LogP contribution in [0.3, 0.4) is 0 Å². The molecule has 0 amide bonds. The molecular weight excluding hydrogens is 460 g/mol. The van der Waals surface area contributed by atoms with E-state index in [0.717, 1.165) is 48.9 Å². The summed E-state index contributed by atoms with van der Waals surface area (Å²) in [5.41, 5.74) is 7.48. The summed E-state index contributed by atoms with van der Waals surface area (Å²) < 4.78 is 6.47. The minimum atomic E-state index is 0.295. The summed E-state index contributed by atoms with van der Waals surface area (Å²) in [4.78, 5) is 0. The van der Waals surface area contributed by atoms with Crippen LogP contribution in [0.2, 0.25) is 0 Å². The average molecular weight is 517 g/mol. The molecule has 0 radical (unpaired) electrons. The molecule has 0 aliphatic heterocycles. The highest BCUT2D eigenvalue weighted by Crippen LogP contribution is 2.44. The van der Waals surface area contributed by atoms with Gasteiger partial charge < -0.3 is 4.74 Å². The lowest BCUT2D eigenvalue weighted by molar-refractivity contribution is 0.127. The molecule has 2 aliphatic carbocycles. The molecule has 1 heteroatoms. The van der Waals surface area contributed by atoms with Gasteiger partial charge in [-0.2, -0.15) is 0 Å². The maximum absolute atomic E-state index is 6.47. The summed E-state index contributed by atoms with van der Waals surface area (Å²) >= 11 is 0. The lowest BCUT2D eigenvalue weighted by Gasteiger charge is -2.37. The van der Waals surface area contributed by atoms with E-state index in [1.165, 1.54) is 92.9 Å². The van der Waals surface area contributed by atoms with E-state index in [0.29, 0.717) is 5.41 Å². The van der Waals surface area contributed by atoms with Gasteiger partial charge in [-0.05, 0) is 134 Å². The smallest absolute Gasteiger partial charge is 0.122 e. The van der Waals surface area contributed by atoms with Crippen molar-refractivity contribution in [2.24, 2.45) is 23.2 Å². The molecule has 2 saturated carbocycles. The Hall–Kier alpha value is -1.76. The van der Waals surface area contributed by atoms with E-state index in [-0.39, 0.29) is 0 Å². The molecule has 2 aliphatic rings. The van der Waals surface area contributed by atoms with E-state index >= 15 is 0 Å². The molecule has 0 atom stereocenters. The van der Waals surface area contributed by atoms with Crippen LogP contribution in [-0.2, 0) is 12.8 Å². The van der Waals surface area contributed by atoms with Gasteiger partial charge in [0.1, 0.15) is 5.75 Å². The van der Waals surface area contributed by atoms with Crippen molar-refractivity contribution in [2.75, 3.05) is 6.61 Å². The van der Waals surface area contributed by atoms with E-state index in [1.807, 2.05) is 0 Å². The summed E-state index contributed by atoms with van der Waals surface area (Å²) in [5, 5.41) is 0. The van der Waals surface area contributed by atoms with Crippen molar-refractivity contribution < 1.29 is 4.74 Å². The van der Waals surface area contributed by atoms with Gasteiger partial charge in [0.05, 0.1) is 6.61 Å². The van der Waals surface area contributed by atoms with Crippen molar-refractivity contribution in [3.8, 4) is 16.9 Å². The first-order valence-corrected chi connectivity index (χ1v) is 16.3. The number of rotatable bonds is 11. The Labute approximate surface area is 235 Å². The summed E-state index contributed by atoms with van der Waals surface area (Å²) in [6.07, 6.45) is 17.2. The third-order valence-electron chi connectivity index (χ3n) is 11.0. The van der Waals surface area contributed by atoms with Crippen molar-refractivity contribution in [2.45, 2.75) is 131 Å². The predicted octanol–water partition coefficient (Wildman–Crippen LogP) is 11.2. The van der Waals surface area contributed by atoms with Gasteiger partial charge in [-0.25, -0.2) is 0 Å². The molecule has 210 valence electrons. The molecule has 0 saturated heterocycles. The minimum absolute atomic E-state index is 0.295. The van der Waals surface area contributed by atoms with Crippen LogP contribution in [0.1, 0.15) is 135 Å². The molecule has 0 unspecified atom stereocenters. The quantitative estimate of drug-likeness (QED) is 0.288. The third-order valence-corrected chi connectivity index (χ3v) is 11.0. The number of hydrogen-bond acceptors (Lipinski definition) is 1. The molecule has 38 heavy (non-hydrogen) atoms. The Balaban J connectivity index is 1.45. The first-order chi connectivity index (χ1) is 18.5. The number of hydrogen-bond donors (Lipinski definition) is 0. The van der Waals surface area contributed by atoms with Crippen LogP contribution in [0.4, 0.5) is 0 Å². The largest absolute Gasteiger partial charge is 0.493 e. The van der Waals surface area contributed by atoms with Crippen LogP contribution in [0.5, 0.6) is 5.75 Å². The van der Waals surface area contributed by atoms with Crippen LogP contribution < -0.4 is 4.74 Å². The Morgan fingerprint density at radius 3 is 1.87 bits per heavy atom. The molecule has 2 aromatic carbocycles. The lowest BCUT2D eigenvalue weighted by Crippen LogP contribution is -2.26. The maximum atomic E-state index is 6.47. The molecule has 0 N–H and O–H groups in total. The number of benzene rings is 2. The monoisotopic (exact) mass is 516 g/mol. The average Bonchev–Trinajstić information content (AvgIpc) is 2.98. The molecule has 1 nitrogen and oxygen atoms in total. The summed E-state index contributed by atoms with van der Waals surface area (Å²) in [5.74, 6) is 4.81. The van der Waals surface area contributed by atoms with Crippen molar-refractivity contribution in [1.29, 1.82) is 0 Å². The van der Waals surface area contributed by atoms with E-state index in [1.54, 1.807) is 5.56 Å². The summed E-state index contributed by atoms with van der Waals surface area (Å²) in [6.45, 7) is 14.8. The first kappa shape index (κ1) is 29.2. The highest BCUT2D eigenvalue weighted by Gasteiger charge is 2.30. The van der Waals surface area contributed by atoms with Crippen molar-refractivity contribution in [1.82, 2.24) is 0 Å². The fourth-order valence-electron chi connectivity index (χ4n) is 7.57. The van der Waals surface area contributed by atoms with Gasteiger partial charge in [-0.3, -0.25) is 0 Å². The second-order valence-electron chi connectivity index (χ2n) is 12.9. The molecule has 2 aromatic rings. The zero-order valence-electron chi connectivity index (χ0n) is 25.6. The van der Waals surface area contributed by atoms with Crippen LogP contribution in [-0.4, -0.2) is 6.61 Å². The Kier molecular flexibility index (Phi) is 10.4. The standard InChI is InChI=1S/C37H56O/c1-7-28-24-33(32-18-16-31(17-19-32)30-14-12-27(6)13-15-30)20-22-35(28)34-21-23-36(29(8-2)25-34)38-26-37(9-3,10-4)11-5/h20-25,27,30-32H,7-19,26H2,1-6H3. The van der Waals surface area contributed by atoms with Gasteiger partial charge in [0.15, 0.2) is 0 Å². The fourth-order valence-corrected chi connectivity index (χ4v) is 7.57. The van der Waals surface area contributed by atoms with E-state index < -0.39 is 0 Å². The van der Waals surface area contributed by atoms with Crippen molar-refractivity contribution >= 4 is 0 Å². The van der Waals surface area contributed by atoms with Crippen LogP contribution in [0.15, 0.2) is 36.4 Å². The van der Waals surface area contributed by atoms with Crippen molar-refractivity contribution in [3.63, 3.8) is 0 Å². The third kappa shape index (κ3) is 6.68. The van der Waals surface area contributed by atoms with Gasteiger partial charge >= 0.3 is 0 Å². The van der Waals surface area contributed by atoms with Gasteiger partial charge in [0, 0.05) is 5.41 Å². The zero-order chi connectivity index (χ0) is 27.1. The van der Waals surface area contributed by atoms with E-state index in [2.05, 4.69) is 77.9 Å². The van der Waals surface area contributed by atoms with E-state index in [4.69, 9.17) is 4.74 Å². The molecule has 2 fully saturated rings. The maximum Gasteiger partial charge on any atom is 0.122 e. The van der Waals surface area contributed by atoms with Crippen LogP contribution in [0, 0.1) is 23.2 Å². The molecule has 0 spiro atoms. The molecular formula is C37H56O. The lowest BCUT2D eigenvalue weighted by atomic mass is 9.68. The number of aryl methyl sites for hydroxylation is 2. The molecule has 4 rings (SSSR count). The van der Waals surface area contributed by atoms with Crippen molar-refractivity contribution in [3.05, 3.63) is 53.1 Å². The summed E-state index contributed by atoms with van der Waals surface area (Å²) in [7, 11) is 0. The second kappa shape index (κ2) is 13.5. The Bertz CT molecular complexity index is 991. The Morgan fingerprint density at radius 2 is 1.29 bits per heavy atom. The normalized spacial score (nSPS) is 24.4. The topological polar surface area (TPSA) is 9.23 Å². The molecule has 0 heterocycles. The predicted molar refractivity (Wildman–Crippen MR) is 165 cm³/mol. The van der Waals surface area contributed by atoms with Gasteiger partial charge in [-0.15, -0.1) is 0 Å². The highest BCUT2D eigenvalue weighted by atomic mass is 16.5. The SMILES string of the molecule is CCc1cc(-c2ccc(C3CCC(C4CCC(C)CC4)CC3)cc2CC)ccc1OCC(CC)(CC)CC. The van der Waals surface area contributed by atoms with Crippen LogP contribution >= 0.6 is 0 Å². The van der Waals surface area contributed by atoms with Gasteiger partial charge in [0.25, 0.3) is 0 Å². The van der Waals surface area contributed by atoms with Gasteiger partial charge in [0.2, 0.25) is 0 Å². The molecule has 0 aromatic heterocycles. The highest BCUT2D eigenvalue weighted by molar-refractivity contribution is 5.70. The first-order valence-electron chi connectivity index (χ1n) is 16.3. The fraction of sp³-hybridized carbons (Fsp3) is 0.676. The number of ether oxygens (including phenoxy) is 1. The van der Waals surface area contributed by atoms with Gasteiger partial charge in [-0.1, -0.05) is 78.6 Å².